The Hall–Kier alpha value is -3.57. The quantitative estimate of drug-likeness (QED) is 0.525. The van der Waals surface area contributed by atoms with Gasteiger partial charge in [-0.15, -0.1) is 11.3 Å². The van der Waals surface area contributed by atoms with Crippen molar-refractivity contribution >= 4 is 29.0 Å². The Morgan fingerprint density at radius 2 is 2.07 bits per heavy atom. The number of anilines is 1. The zero-order valence-corrected chi connectivity index (χ0v) is 16.7. The number of fused-ring (bicyclic) bond motifs is 1. The molecular weight excluding hydrogens is 388 g/mol. The minimum absolute atomic E-state index is 0.0132. The molecule has 7 nitrogen and oxygen atoms in total. The number of rotatable bonds is 4. The van der Waals surface area contributed by atoms with E-state index in [-0.39, 0.29) is 5.57 Å². The molecule has 1 aliphatic rings. The molecule has 0 saturated heterocycles. The van der Waals surface area contributed by atoms with Crippen molar-refractivity contribution in [3.63, 3.8) is 0 Å². The average Bonchev–Trinajstić information content (AvgIpc) is 3.33. The van der Waals surface area contributed by atoms with E-state index in [1.54, 1.807) is 30.5 Å². The SMILES string of the molecule is Cc1cc(/C=C(\C#N)C(=O)Nc2ccc3c(c2)OCCO3)c(C)n1-c1nccs1. The molecular formula is C21H18N4O3S. The van der Waals surface area contributed by atoms with E-state index in [9.17, 15) is 10.1 Å². The van der Waals surface area contributed by atoms with Gasteiger partial charge in [0.05, 0.1) is 0 Å². The van der Waals surface area contributed by atoms with Crippen molar-refractivity contribution in [1.82, 2.24) is 9.55 Å². The molecule has 0 saturated carbocycles. The molecule has 0 atom stereocenters. The van der Waals surface area contributed by atoms with Crippen molar-refractivity contribution in [3.05, 3.63) is 58.4 Å². The van der Waals surface area contributed by atoms with Gasteiger partial charge in [-0.2, -0.15) is 5.26 Å². The Kier molecular flexibility index (Phi) is 5.06. The van der Waals surface area contributed by atoms with Crippen LogP contribution in [0.1, 0.15) is 17.0 Å². The number of hydrogen-bond donors (Lipinski definition) is 1. The fourth-order valence-corrected chi connectivity index (χ4v) is 3.93. The summed E-state index contributed by atoms with van der Waals surface area (Å²) in [5, 5.41) is 15.0. The zero-order chi connectivity index (χ0) is 20.4. The van der Waals surface area contributed by atoms with Crippen LogP contribution in [0.4, 0.5) is 5.69 Å². The minimum atomic E-state index is -0.483. The van der Waals surface area contributed by atoms with E-state index in [1.807, 2.05) is 35.9 Å². The van der Waals surface area contributed by atoms with E-state index in [0.717, 1.165) is 22.1 Å². The first-order valence-corrected chi connectivity index (χ1v) is 9.86. The largest absolute Gasteiger partial charge is 0.486 e. The van der Waals surface area contributed by atoms with Crippen LogP contribution in [-0.2, 0) is 4.79 Å². The van der Waals surface area contributed by atoms with E-state index in [0.29, 0.717) is 30.4 Å². The van der Waals surface area contributed by atoms with Gasteiger partial charge in [0.1, 0.15) is 24.9 Å². The Balaban J connectivity index is 1.59. The predicted octanol–water partition coefficient (Wildman–Crippen LogP) is 3.87. The van der Waals surface area contributed by atoms with Crippen molar-refractivity contribution in [2.45, 2.75) is 13.8 Å². The molecule has 8 heteroatoms. The third kappa shape index (κ3) is 3.73. The molecule has 2 aromatic heterocycles. The summed E-state index contributed by atoms with van der Waals surface area (Å²) < 4.78 is 13.0. The van der Waals surface area contributed by atoms with Gasteiger partial charge in [-0.25, -0.2) is 4.98 Å². The summed E-state index contributed by atoms with van der Waals surface area (Å²) in [6, 6.07) is 9.08. The minimum Gasteiger partial charge on any atom is -0.486 e. The van der Waals surface area contributed by atoms with Gasteiger partial charge >= 0.3 is 0 Å². The average molecular weight is 406 g/mol. The number of carbonyl (C=O) groups is 1. The van der Waals surface area contributed by atoms with Crippen molar-refractivity contribution in [2.24, 2.45) is 0 Å². The van der Waals surface area contributed by atoms with Crippen molar-refractivity contribution in [3.8, 4) is 22.7 Å². The molecule has 0 spiro atoms. The Morgan fingerprint density at radius 1 is 1.28 bits per heavy atom. The van der Waals surface area contributed by atoms with Crippen LogP contribution in [0, 0.1) is 25.2 Å². The maximum atomic E-state index is 12.7. The fourth-order valence-electron chi connectivity index (χ4n) is 3.18. The molecule has 1 aliphatic heterocycles. The van der Waals surface area contributed by atoms with Gasteiger partial charge in [0.15, 0.2) is 16.6 Å². The maximum Gasteiger partial charge on any atom is 0.266 e. The first kappa shape index (κ1) is 18.8. The number of nitriles is 1. The summed E-state index contributed by atoms with van der Waals surface area (Å²) in [7, 11) is 0. The number of ether oxygens (including phenoxy) is 2. The molecule has 1 aromatic carbocycles. The number of thiazole rings is 1. The third-order valence-electron chi connectivity index (χ3n) is 4.55. The lowest BCUT2D eigenvalue weighted by molar-refractivity contribution is -0.112. The molecule has 0 radical (unpaired) electrons. The monoisotopic (exact) mass is 406 g/mol. The highest BCUT2D eigenvalue weighted by atomic mass is 32.1. The lowest BCUT2D eigenvalue weighted by Gasteiger charge is -2.18. The number of carbonyl (C=O) groups excluding carboxylic acids is 1. The summed E-state index contributed by atoms with van der Waals surface area (Å²) in [4.78, 5) is 17.0. The number of nitrogens with zero attached hydrogens (tertiary/aromatic N) is 3. The molecule has 29 heavy (non-hydrogen) atoms. The highest BCUT2D eigenvalue weighted by molar-refractivity contribution is 7.12. The first-order chi connectivity index (χ1) is 14.1. The summed E-state index contributed by atoms with van der Waals surface area (Å²) in [5.41, 5.74) is 3.24. The molecule has 146 valence electrons. The molecule has 0 unspecified atom stereocenters. The van der Waals surface area contributed by atoms with Gasteiger partial charge in [0, 0.05) is 34.7 Å². The van der Waals surface area contributed by atoms with Crippen LogP contribution in [-0.4, -0.2) is 28.7 Å². The zero-order valence-electron chi connectivity index (χ0n) is 15.9. The van der Waals surface area contributed by atoms with Gasteiger partial charge in [-0.05, 0) is 43.7 Å². The van der Waals surface area contributed by atoms with Crippen molar-refractivity contribution < 1.29 is 14.3 Å². The van der Waals surface area contributed by atoms with Crippen LogP contribution in [0.2, 0.25) is 0 Å². The molecule has 0 bridgehead atoms. The summed E-state index contributed by atoms with van der Waals surface area (Å²) in [5.74, 6) is 0.728. The molecule has 3 aromatic rings. The second-order valence-electron chi connectivity index (χ2n) is 6.46. The number of hydrogen-bond acceptors (Lipinski definition) is 6. The first-order valence-electron chi connectivity index (χ1n) is 8.98. The number of benzene rings is 1. The lowest BCUT2D eigenvalue weighted by Crippen LogP contribution is -2.17. The normalized spacial score (nSPS) is 13.1. The number of aryl methyl sites for hydroxylation is 1. The van der Waals surface area contributed by atoms with Crippen LogP contribution in [0.5, 0.6) is 11.5 Å². The second-order valence-corrected chi connectivity index (χ2v) is 7.33. The van der Waals surface area contributed by atoms with Crippen LogP contribution in [0.15, 0.2) is 41.4 Å². The lowest BCUT2D eigenvalue weighted by atomic mass is 10.1. The van der Waals surface area contributed by atoms with Crippen molar-refractivity contribution in [1.29, 1.82) is 5.26 Å². The predicted molar refractivity (Wildman–Crippen MR) is 111 cm³/mol. The summed E-state index contributed by atoms with van der Waals surface area (Å²) >= 11 is 1.53. The van der Waals surface area contributed by atoms with Gasteiger partial charge in [0.25, 0.3) is 5.91 Å². The number of amides is 1. The van der Waals surface area contributed by atoms with E-state index < -0.39 is 5.91 Å². The van der Waals surface area contributed by atoms with E-state index in [2.05, 4.69) is 10.3 Å². The van der Waals surface area contributed by atoms with Gasteiger partial charge in [-0.1, -0.05) is 0 Å². The highest BCUT2D eigenvalue weighted by Gasteiger charge is 2.17. The standard InChI is InChI=1S/C21H18N4O3S/c1-13-9-15(14(2)25(13)21-23-5-8-29-21)10-16(12-22)20(26)24-17-3-4-18-19(11-17)28-7-6-27-18/h3-5,8-11H,6-7H2,1-2H3,(H,24,26)/b16-10+. The fraction of sp³-hybridized carbons (Fsp3) is 0.190. The molecule has 0 aliphatic carbocycles. The van der Waals surface area contributed by atoms with E-state index in [4.69, 9.17) is 9.47 Å². The van der Waals surface area contributed by atoms with Crippen LogP contribution >= 0.6 is 11.3 Å². The van der Waals surface area contributed by atoms with Crippen molar-refractivity contribution in [2.75, 3.05) is 18.5 Å². The molecule has 1 amide bonds. The molecule has 0 fully saturated rings. The molecule has 3 heterocycles. The van der Waals surface area contributed by atoms with Gasteiger partial charge < -0.3 is 14.8 Å². The number of nitrogens with one attached hydrogen (secondary N) is 1. The second kappa shape index (κ2) is 7.81. The molecule has 1 N–H and O–H groups in total. The van der Waals surface area contributed by atoms with Crippen LogP contribution < -0.4 is 14.8 Å². The maximum absolute atomic E-state index is 12.7. The van der Waals surface area contributed by atoms with E-state index >= 15 is 0 Å². The van der Waals surface area contributed by atoms with Gasteiger partial charge in [0.2, 0.25) is 0 Å². The van der Waals surface area contributed by atoms with E-state index in [1.165, 1.54) is 11.3 Å². The molecule has 4 rings (SSSR count). The third-order valence-corrected chi connectivity index (χ3v) is 5.30. The Labute approximate surface area is 171 Å². The van der Waals surface area contributed by atoms with Gasteiger partial charge in [-0.3, -0.25) is 9.36 Å². The summed E-state index contributed by atoms with van der Waals surface area (Å²) in [6.45, 7) is 4.86. The Bertz CT molecular complexity index is 1140. The topological polar surface area (TPSA) is 89.2 Å². The summed E-state index contributed by atoms with van der Waals surface area (Å²) in [6.07, 6.45) is 3.34. The number of aromatic nitrogens is 2. The Morgan fingerprint density at radius 3 is 2.79 bits per heavy atom. The van der Waals surface area contributed by atoms with Crippen LogP contribution in [0.3, 0.4) is 0 Å². The highest BCUT2D eigenvalue weighted by Crippen LogP contribution is 2.32. The van der Waals surface area contributed by atoms with Crippen LogP contribution in [0.25, 0.3) is 11.2 Å². The smallest absolute Gasteiger partial charge is 0.266 e.